The molecule has 1 saturated carbocycles. The topological polar surface area (TPSA) is 26.0 Å². The first-order valence-corrected chi connectivity index (χ1v) is 5.66. The van der Waals surface area contributed by atoms with Gasteiger partial charge in [-0.1, -0.05) is 27.2 Å². The molecule has 13 heavy (non-hydrogen) atoms. The van der Waals surface area contributed by atoms with Crippen molar-refractivity contribution >= 4 is 0 Å². The van der Waals surface area contributed by atoms with E-state index in [2.05, 4.69) is 27.7 Å². The lowest BCUT2D eigenvalue weighted by Crippen LogP contribution is -2.42. The summed E-state index contributed by atoms with van der Waals surface area (Å²) in [6.07, 6.45) is 6.36. The van der Waals surface area contributed by atoms with E-state index in [-0.39, 0.29) is 5.54 Å². The van der Waals surface area contributed by atoms with E-state index >= 15 is 0 Å². The van der Waals surface area contributed by atoms with E-state index < -0.39 is 0 Å². The van der Waals surface area contributed by atoms with Crippen molar-refractivity contribution < 1.29 is 0 Å². The van der Waals surface area contributed by atoms with Crippen LogP contribution in [0.15, 0.2) is 0 Å². The maximum absolute atomic E-state index is 6.12. The minimum absolute atomic E-state index is 0.125. The highest BCUT2D eigenvalue weighted by molar-refractivity contribution is 4.90. The lowest BCUT2D eigenvalue weighted by atomic mass is 9.66. The van der Waals surface area contributed by atoms with Crippen LogP contribution in [-0.4, -0.2) is 5.54 Å². The van der Waals surface area contributed by atoms with Crippen LogP contribution in [0, 0.1) is 11.3 Å². The fraction of sp³-hybridized carbons (Fsp3) is 1.00. The first-order valence-electron chi connectivity index (χ1n) is 5.66. The Morgan fingerprint density at radius 3 is 2.15 bits per heavy atom. The second-order valence-electron chi connectivity index (χ2n) is 5.77. The summed E-state index contributed by atoms with van der Waals surface area (Å²) < 4.78 is 0. The van der Waals surface area contributed by atoms with Gasteiger partial charge < -0.3 is 5.73 Å². The molecule has 1 nitrogen and oxygen atoms in total. The van der Waals surface area contributed by atoms with Crippen LogP contribution in [0.5, 0.6) is 0 Å². The third-order valence-electron chi connectivity index (χ3n) is 4.14. The number of hydrogen-bond donors (Lipinski definition) is 1. The van der Waals surface area contributed by atoms with Crippen LogP contribution in [0.3, 0.4) is 0 Å². The lowest BCUT2D eigenvalue weighted by molar-refractivity contribution is 0.121. The van der Waals surface area contributed by atoms with Gasteiger partial charge >= 0.3 is 0 Å². The molecule has 0 unspecified atom stereocenters. The molecule has 0 spiro atoms. The van der Waals surface area contributed by atoms with Gasteiger partial charge in [-0.25, -0.2) is 0 Å². The zero-order chi connectivity index (χ0) is 10.1. The molecule has 0 aliphatic heterocycles. The van der Waals surface area contributed by atoms with E-state index in [1.54, 1.807) is 0 Å². The monoisotopic (exact) mass is 183 g/mol. The summed E-state index contributed by atoms with van der Waals surface area (Å²) in [5, 5.41) is 0. The Kier molecular flexibility index (Phi) is 3.06. The fourth-order valence-corrected chi connectivity index (χ4v) is 2.35. The Balaban J connectivity index is 2.50. The molecule has 1 heteroatoms. The van der Waals surface area contributed by atoms with Gasteiger partial charge in [0.15, 0.2) is 0 Å². The standard InChI is InChI=1S/C12H25N/c1-5-11(2,3)10-6-8-12(4,13)9-7-10/h10H,5-9,13H2,1-4H3. The summed E-state index contributed by atoms with van der Waals surface area (Å²) in [5.41, 5.74) is 6.77. The van der Waals surface area contributed by atoms with Crippen molar-refractivity contribution in [2.75, 3.05) is 0 Å². The maximum atomic E-state index is 6.12. The zero-order valence-electron chi connectivity index (χ0n) is 9.69. The van der Waals surface area contributed by atoms with Crippen molar-refractivity contribution in [3.63, 3.8) is 0 Å². The molecule has 0 bridgehead atoms. The molecule has 1 aliphatic rings. The highest BCUT2D eigenvalue weighted by Gasteiger charge is 2.34. The largest absolute Gasteiger partial charge is 0.325 e. The minimum Gasteiger partial charge on any atom is -0.325 e. The summed E-state index contributed by atoms with van der Waals surface area (Å²) in [5.74, 6) is 0.897. The summed E-state index contributed by atoms with van der Waals surface area (Å²) in [7, 11) is 0. The van der Waals surface area contributed by atoms with Crippen molar-refractivity contribution in [3.05, 3.63) is 0 Å². The van der Waals surface area contributed by atoms with E-state index in [4.69, 9.17) is 5.73 Å². The van der Waals surface area contributed by atoms with Crippen LogP contribution in [0.25, 0.3) is 0 Å². The molecule has 0 amide bonds. The molecule has 0 aromatic heterocycles. The zero-order valence-corrected chi connectivity index (χ0v) is 9.69. The van der Waals surface area contributed by atoms with Gasteiger partial charge in [0.1, 0.15) is 0 Å². The molecule has 1 rings (SSSR count). The highest BCUT2D eigenvalue weighted by Crippen LogP contribution is 2.42. The van der Waals surface area contributed by atoms with E-state index in [1.807, 2.05) is 0 Å². The third-order valence-corrected chi connectivity index (χ3v) is 4.14. The van der Waals surface area contributed by atoms with Gasteiger partial charge in [0.2, 0.25) is 0 Å². The summed E-state index contributed by atoms with van der Waals surface area (Å²) in [6, 6.07) is 0. The molecule has 2 N–H and O–H groups in total. The Hall–Kier alpha value is -0.0400. The molecule has 0 atom stereocenters. The normalized spacial score (nSPS) is 36.2. The van der Waals surface area contributed by atoms with Crippen molar-refractivity contribution in [3.8, 4) is 0 Å². The van der Waals surface area contributed by atoms with Gasteiger partial charge in [-0.3, -0.25) is 0 Å². The highest BCUT2D eigenvalue weighted by atomic mass is 14.7. The Bertz CT molecular complexity index is 160. The van der Waals surface area contributed by atoms with Crippen LogP contribution in [0.2, 0.25) is 0 Å². The van der Waals surface area contributed by atoms with Crippen LogP contribution < -0.4 is 5.73 Å². The molecular weight excluding hydrogens is 158 g/mol. The number of nitrogens with two attached hydrogens (primary N) is 1. The van der Waals surface area contributed by atoms with E-state index in [9.17, 15) is 0 Å². The van der Waals surface area contributed by atoms with Crippen molar-refractivity contribution in [2.24, 2.45) is 17.1 Å². The van der Waals surface area contributed by atoms with Gasteiger partial charge in [0, 0.05) is 5.54 Å². The van der Waals surface area contributed by atoms with Crippen LogP contribution in [0.1, 0.15) is 59.8 Å². The molecule has 0 radical (unpaired) electrons. The predicted molar refractivity (Wildman–Crippen MR) is 58.6 cm³/mol. The molecule has 0 saturated heterocycles. The summed E-state index contributed by atoms with van der Waals surface area (Å²) in [4.78, 5) is 0. The van der Waals surface area contributed by atoms with Gasteiger partial charge in [-0.15, -0.1) is 0 Å². The molecule has 0 heterocycles. The second-order valence-corrected chi connectivity index (χ2v) is 5.77. The first kappa shape index (κ1) is 11.0. The molecular formula is C12H25N. The number of rotatable bonds is 2. The predicted octanol–water partition coefficient (Wildman–Crippen LogP) is 3.33. The van der Waals surface area contributed by atoms with Crippen molar-refractivity contribution in [2.45, 2.75) is 65.3 Å². The van der Waals surface area contributed by atoms with E-state index in [0.29, 0.717) is 5.41 Å². The average Bonchev–Trinajstić information content (AvgIpc) is 2.04. The molecule has 1 aliphatic carbocycles. The van der Waals surface area contributed by atoms with Gasteiger partial charge in [0.05, 0.1) is 0 Å². The summed E-state index contributed by atoms with van der Waals surface area (Å²) in [6.45, 7) is 9.30. The second kappa shape index (κ2) is 3.61. The Morgan fingerprint density at radius 2 is 1.77 bits per heavy atom. The first-order chi connectivity index (χ1) is 5.87. The average molecular weight is 183 g/mol. The maximum Gasteiger partial charge on any atom is 0.0126 e. The van der Waals surface area contributed by atoms with Gasteiger partial charge in [-0.05, 0) is 43.9 Å². The van der Waals surface area contributed by atoms with Crippen molar-refractivity contribution in [1.82, 2.24) is 0 Å². The van der Waals surface area contributed by atoms with E-state index in [0.717, 1.165) is 5.92 Å². The van der Waals surface area contributed by atoms with Crippen LogP contribution >= 0.6 is 0 Å². The summed E-state index contributed by atoms with van der Waals surface area (Å²) >= 11 is 0. The van der Waals surface area contributed by atoms with Crippen LogP contribution in [-0.2, 0) is 0 Å². The van der Waals surface area contributed by atoms with Crippen LogP contribution in [0.4, 0.5) is 0 Å². The smallest absolute Gasteiger partial charge is 0.0126 e. The van der Waals surface area contributed by atoms with E-state index in [1.165, 1.54) is 32.1 Å². The lowest BCUT2D eigenvalue weighted by Gasteiger charge is -2.41. The molecule has 0 aromatic carbocycles. The third kappa shape index (κ3) is 2.70. The Morgan fingerprint density at radius 1 is 1.31 bits per heavy atom. The van der Waals surface area contributed by atoms with Crippen molar-refractivity contribution in [1.29, 1.82) is 0 Å². The quantitative estimate of drug-likeness (QED) is 0.698. The minimum atomic E-state index is 0.125. The molecule has 0 aromatic rings. The van der Waals surface area contributed by atoms with Gasteiger partial charge in [0.25, 0.3) is 0 Å². The fourth-order valence-electron chi connectivity index (χ4n) is 2.35. The molecule has 78 valence electrons. The SMILES string of the molecule is CCC(C)(C)C1CCC(C)(N)CC1. The molecule has 1 fully saturated rings. The Labute approximate surface area is 83.1 Å². The van der Waals surface area contributed by atoms with Gasteiger partial charge in [-0.2, -0.15) is 0 Å². The number of hydrogen-bond acceptors (Lipinski definition) is 1.